The van der Waals surface area contributed by atoms with Crippen LogP contribution in [0.3, 0.4) is 0 Å². The zero-order chi connectivity index (χ0) is 64.7. The molecular formula is C64H78BrCl2F6N7O6Si2. The summed E-state index contributed by atoms with van der Waals surface area (Å²) < 4.78 is 114. The van der Waals surface area contributed by atoms with Crippen LogP contribution in [-0.2, 0) is 15.3 Å². The number of pyridine rings is 2. The number of anilines is 1. The van der Waals surface area contributed by atoms with Crippen molar-refractivity contribution in [3.05, 3.63) is 214 Å². The maximum Gasteiger partial charge on any atom is 0.265 e. The lowest BCUT2D eigenvalue weighted by molar-refractivity contribution is 0.263. The standard InChI is InChI=1S/C32H37ClF3N3O3Si.C20H24BrClF3NO2Si.C11H13N3O.CH4/c1-20-17-38(19-37-20)28-9-8-21(13-29(28)41-5)12-23-14-24(33)18-39(31(23)40)27(10-11-42-43(6,7)32(2,3)4)22-15-25(34)30(36)26(35)16-22;1-20(2,3)29(4,5)28-7-6-17(12-8-15(23)18(25)16(24)9-12)26-11-13(22)10-14(21)19(26)27;1-8-6-14(7-13-8)10-4-3-9(12)5-11(10)15-2;/h8-9,13-19,27H,10-12H2,1-7H3;8-11,17H,6-7H2,1-5H3;3-7H,12H2,1-2H3;1H4. The fraction of sp³-hybridized carbons (Fsp3) is 0.375. The first-order valence-electron chi connectivity index (χ1n) is 27.7. The predicted octanol–water partition coefficient (Wildman–Crippen LogP) is 17.1. The van der Waals surface area contributed by atoms with Crippen LogP contribution in [0, 0.1) is 48.8 Å². The SMILES string of the molecule is C.CC(C)(C)[Si](C)(C)OCCC(c1cc(F)c(F)c(F)c1)n1cc(Cl)cc(Br)c1=O.COc1cc(Cc2cc(Cl)cn(C(CCO[Si](C)(C)C(C)(C)C)c3cc(F)c(F)c(F)c3)c2=O)ccc1-n1cnc(C)c1.COc1cc(N)ccc1-n1cnc(C)c1. The van der Waals surface area contributed by atoms with Crippen LogP contribution in [0.4, 0.5) is 32.0 Å². The van der Waals surface area contributed by atoms with Crippen LogP contribution in [0.15, 0.2) is 124 Å². The van der Waals surface area contributed by atoms with Gasteiger partial charge in [0.2, 0.25) is 0 Å². The van der Waals surface area contributed by atoms with Crippen LogP contribution in [0.25, 0.3) is 11.4 Å². The van der Waals surface area contributed by atoms with Crippen LogP contribution < -0.4 is 26.3 Å². The van der Waals surface area contributed by atoms with Crippen molar-refractivity contribution in [1.29, 1.82) is 0 Å². The van der Waals surface area contributed by atoms with Crippen molar-refractivity contribution in [1.82, 2.24) is 28.2 Å². The smallest absolute Gasteiger partial charge is 0.265 e. The topological polar surface area (TPSA) is 143 Å². The number of aromatic nitrogens is 6. The van der Waals surface area contributed by atoms with E-state index >= 15 is 0 Å². The minimum absolute atomic E-state index is 0. The Bertz CT molecular complexity index is 3800. The fourth-order valence-corrected chi connectivity index (χ4v) is 11.9. The summed E-state index contributed by atoms with van der Waals surface area (Å²) in [6, 6.07) is 16.2. The number of ether oxygens (including phenoxy) is 2. The summed E-state index contributed by atoms with van der Waals surface area (Å²) in [6.07, 6.45) is 10.8. The number of hydrogen-bond acceptors (Lipinski definition) is 9. The fourth-order valence-electron chi connectivity index (χ4n) is 8.78. The Balaban J connectivity index is 0.000000268. The first-order chi connectivity index (χ1) is 40.6. The van der Waals surface area contributed by atoms with Gasteiger partial charge in [-0.2, -0.15) is 0 Å². The van der Waals surface area contributed by atoms with Crippen LogP contribution in [0.5, 0.6) is 11.5 Å². The zero-order valence-corrected chi connectivity index (χ0v) is 56.3. The summed E-state index contributed by atoms with van der Waals surface area (Å²) in [5.74, 6) is -7.08. The number of methoxy groups -OCH3 is 2. The average Bonchev–Trinajstić information content (AvgIpc) is 1.18. The van der Waals surface area contributed by atoms with Crippen LogP contribution in [-0.4, -0.2) is 72.3 Å². The monoisotopic (exact) mass is 1360 g/mol. The Morgan fingerprint density at radius 1 is 0.591 bits per heavy atom. The van der Waals surface area contributed by atoms with Crippen molar-refractivity contribution in [3.63, 3.8) is 0 Å². The van der Waals surface area contributed by atoms with Gasteiger partial charge in [-0.15, -0.1) is 0 Å². The molecule has 88 heavy (non-hydrogen) atoms. The van der Waals surface area contributed by atoms with Gasteiger partial charge >= 0.3 is 0 Å². The van der Waals surface area contributed by atoms with E-state index in [1.165, 1.54) is 27.6 Å². The molecule has 476 valence electrons. The first-order valence-corrected chi connectivity index (χ1v) is 35.1. The number of hydrogen-bond donors (Lipinski definition) is 1. The third kappa shape index (κ3) is 17.9. The summed E-state index contributed by atoms with van der Waals surface area (Å²) >= 11 is 15.8. The van der Waals surface area contributed by atoms with E-state index in [1.54, 1.807) is 39.0 Å². The van der Waals surface area contributed by atoms with E-state index in [9.17, 15) is 35.9 Å². The van der Waals surface area contributed by atoms with Crippen molar-refractivity contribution in [3.8, 4) is 22.9 Å². The highest BCUT2D eigenvalue weighted by molar-refractivity contribution is 9.10. The highest BCUT2D eigenvalue weighted by Crippen LogP contribution is 2.39. The van der Waals surface area contributed by atoms with E-state index in [0.29, 0.717) is 17.0 Å². The normalized spacial score (nSPS) is 12.5. The second-order valence-electron chi connectivity index (χ2n) is 24.0. The molecule has 0 aliphatic carbocycles. The van der Waals surface area contributed by atoms with Gasteiger partial charge in [-0.3, -0.25) is 9.59 Å². The lowest BCUT2D eigenvalue weighted by Crippen LogP contribution is -2.41. The number of imidazole rings is 2. The molecule has 0 aliphatic heterocycles. The molecule has 0 bridgehead atoms. The second kappa shape index (κ2) is 29.9. The third-order valence-corrected chi connectivity index (χ3v) is 25.7. The van der Waals surface area contributed by atoms with Gasteiger partial charge in [0.1, 0.15) is 11.5 Å². The Morgan fingerprint density at radius 2 is 0.989 bits per heavy atom. The molecule has 4 aromatic heterocycles. The van der Waals surface area contributed by atoms with Crippen LogP contribution in [0.2, 0.25) is 46.3 Å². The molecule has 13 nitrogen and oxygen atoms in total. The van der Waals surface area contributed by atoms with Gasteiger partial charge in [0.05, 0.1) is 76.2 Å². The van der Waals surface area contributed by atoms with Crippen molar-refractivity contribution >= 4 is 61.5 Å². The highest BCUT2D eigenvalue weighted by atomic mass is 79.9. The minimum Gasteiger partial charge on any atom is -0.495 e. The molecule has 8 rings (SSSR count). The molecule has 4 heterocycles. The minimum atomic E-state index is -2.17. The molecule has 24 heteroatoms. The Labute approximate surface area is 531 Å². The van der Waals surface area contributed by atoms with Crippen LogP contribution in [0.1, 0.15) is 108 Å². The molecule has 2 unspecified atom stereocenters. The largest absolute Gasteiger partial charge is 0.495 e. The van der Waals surface area contributed by atoms with Gasteiger partial charge in [-0.1, -0.05) is 78.2 Å². The van der Waals surface area contributed by atoms with E-state index in [1.807, 2.05) is 65.7 Å². The maximum absolute atomic E-state index is 14.4. The summed E-state index contributed by atoms with van der Waals surface area (Å²) in [5, 5.41) is 0.455. The molecule has 2 N–H and O–H groups in total. The van der Waals surface area contributed by atoms with Crippen molar-refractivity contribution < 1.29 is 44.7 Å². The van der Waals surface area contributed by atoms with Crippen LogP contribution >= 0.6 is 39.1 Å². The Hall–Kier alpha value is -6.41. The third-order valence-electron chi connectivity index (χ3n) is 15.6. The van der Waals surface area contributed by atoms with Gasteiger partial charge in [-0.25, -0.2) is 36.3 Å². The zero-order valence-electron chi connectivity index (χ0n) is 51.2. The van der Waals surface area contributed by atoms with Crippen molar-refractivity contribution in [2.45, 2.75) is 130 Å². The number of nitrogens with zero attached hydrogens (tertiary/aromatic N) is 6. The van der Waals surface area contributed by atoms with E-state index in [0.717, 1.165) is 58.3 Å². The number of halogens is 9. The highest BCUT2D eigenvalue weighted by Gasteiger charge is 2.38. The predicted molar refractivity (Wildman–Crippen MR) is 347 cm³/mol. The average molecular weight is 1360 g/mol. The van der Waals surface area contributed by atoms with Gasteiger partial charge in [0.15, 0.2) is 51.5 Å². The summed E-state index contributed by atoms with van der Waals surface area (Å²) in [5.41, 5.74) is 10.5. The molecular weight excluding hydrogens is 1280 g/mol. The van der Waals surface area contributed by atoms with E-state index in [4.69, 9.17) is 47.3 Å². The number of nitrogen functional groups attached to an aromatic ring is 1. The number of nitrogens with two attached hydrogens (primary N) is 1. The molecule has 0 aliphatic rings. The molecule has 0 spiro atoms. The van der Waals surface area contributed by atoms with Crippen molar-refractivity contribution in [2.24, 2.45) is 0 Å². The molecule has 0 fully saturated rings. The summed E-state index contributed by atoms with van der Waals surface area (Å²) in [4.78, 5) is 35.0. The molecule has 8 aromatic rings. The lowest BCUT2D eigenvalue weighted by Gasteiger charge is -2.36. The van der Waals surface area contributed by atoms with Gasteiger partial charge in [0, 0.05) is 61.7 Å². The number of benzene rings is 4. The Kier molecular flexibility index (Phi) is 24.6. The lowest BCUT2D eigenvalue weighted by atomic mass is 10.0. The number of aryl methyl sites for hydroxylation is 2. The van der Waals surface area contributed by atoms with Gasteiger partial charge < -0.3 is 42.3 Å². The molecule has 0 amide bonds. The molecule has 0 saturated heterocycles. The molecule has 0 radical (unpaired) electrons. The first kappa shape index (κ1) is 72.3. The van der Waals surface area contributed by atoms with Crippen molar-refractivity contribution in [2.75, 3.05) is 33.2 Å². The molecule has 4 aromatic carbocycles. The van der Waals surface area contributed by atoms with Gasteiger partial charge in [0.25, 0.3) is 11.1 Å². The number of rotatable bonds is 18. The molecule has 2 atom stereocenters. The summed E-state index contributed by atoms with van der Waals surface area (Å²) in [6.45, 7) is 25.3. The second-order valence-corrected chi connectivity index (χ2v) is 35.3. The maximum atomic E-state index is 14.4. The van der Waals surface area contributed by atoms with E-state index < -0.39 is 69.2 Å². The van der Waals surface area contributed by atoms with E-state index in [2.05, 4.69) is 93.6 Å². The molecule has 0 saturated carbocycles. The Morgan fingerprint density at radius 3 is 1.39 bits per heavy atom. The van der Waals surface area contributed by atoms with E-state index in [-0.39, 0.29) is 81.2 Å². The van der Waals surface area contributed by atoms with Gasteiger partial charge in [-0.05, 0) is 156 Å². The summed E-state index contributed by atoms with van der Waals surface area (Å²) in [7, 11) is -1.04. The quantitative estimate of drug-likeness (QED) is 0.0384.